The zero-order valence-electron chi connectivity index (χ0n) is 10.4. The molecule has 0 amide bonds. The number of hydrogen-bond acceptors (Lipinski definition) is 6. The summed E-state index contributed by atoms with van der Waals surface area (Å²) in [6.07, 6.45) is 0.418. The lowest BCUT2D eigenvalue weighted by atomic mass is 10.0. The Labute approximate surface area is 110 Å². The van der Waals surface area contributed by atoms with Gasteiger partial charge in [-0.25, -0.2) is 8.42 Å². The van der Waals surface area contributed by atoms with Crippen LogP contribution in [-0.2, 0) is 9.84 Å². The molecule has 1 saturated heterocycles. The zero-order chi connectivity index (χ0) is 14.3. The van der Waals surface area contributed by atoms with Gasteiger partial charge in [0.05, 0.1) is 16.4 Å². The van der Waals surface area contributed by atoms with Gasteiger partial charge in [-0.3, -0.25) is 10.1 Å². The maximum atomic E-state index is 11.5. The molecule has 1 heterocycles. The van der Waals surface area contributed by atoms with E-state index in [4.69, 9.17) is 5.73 Å². The second kappa shape index (κ2) is 4.37. The van der Waals surface area contributed by atoms with E-state index in [0.29, 0.717) is 6.42 Å². The van der Waals surface area contributed by atoms with Crippen molar-refractivity contribution in [2.45, 2.75) is 18.9 Å². The number of hydrogen-bond donors (Lipinski definition) is 2. The molecule has 104 valence electrons. The van der Waals surface area contributed by atoms with E-state index in [0.717, 1.165) is 0 Å². The van der Waals surface area contributed by atoms with Crippen LogP contribution < -0.4 is 11.1 Å². The first-order chi connectivity index (χ1) is 8.72. The number of sulfone groups is 1. The van der Waals surface area contributed by atoms with Gasteiger partial charge in [-0.1, -0.05) is 6.07 Å². The second-order valence-corrected chi connectivity index (χ2v) is 7.21. The number of nitrogens with zero attached hydrogens (tertiary/aromatic N) is 1. The molecule has 8 heteroatoms. The molecule has 1 aromatic carbocycles. The molecule has 1 aliphatic rings. The number of anilines is 2. The summed E-state index contributed by atoms with van der Waals surface area (Å²) < 4.78 is 23.0. The van der Waals surface area contributed by atoms with Gasteiger partial charge >= 0.3 is 5.69 Å². The fourth-order valence-corrected chi connectivity index (χ4v) is 4.39. The molecule has 0 aliphatic carbocycles. The van der Waals surface area contributed by atoms with Gasteiger partial charge in [0.2, 0.25) is 0 Å². The Hall–Kier alpha value is -1.83. The van der Waals surface area contributed by atoms with Crippen LogP contribution in [0.25, 0.3) is 0 Å². The number of nitrogens with one attached hydrogen (secondary N) is 1. The van der Waals surface area contributed by atoms with Crippen molar-refractivity contribution in [2.24, 2.45) is 0 Å². The fraction of sp³-hybridized carbons (Fsp3) is 0.455. The first kappa shape index (κ1) is 13.6. The monoisotopic (exact) mass is 285 g/mol. The van der Waals surface area contributed by atoms with Crippen LogP contribution in [0, 0.1) is 10.1 Å². The van der Waals surface area contributed by atoms with Crippen molar-refractivity contribution in [2.75, 3.05) is 22.6 Å². The van der Waals surface area contributed by atoms with E-state index in [1.54, 1.807) is 13.0 Å². The average molecular weight is 285 g/mol. The topological polar surface area (TPSA) is 115 Å². The Balaban J connectivity index is 2.35. The van der Waals surface area contributed by atoms with Crippen LogP contribution in [0.4, 0.5) is 17.1 Å². The molecule has 7 nitrogen and oxygen atoms in total. The number of nitro groups is 1. The lowest BCUT2D eigenvalue weighted by molar-refractivity contribution is -0.383. The minimum Gasteiger partial charge on any atom is -0.393 e. The summed E-state index contributed by atoms with van der Waals surface area (Å²) in [5, 5.41) is 14.0. The summed E-state index contributed by atoms with van der Waals surface area (Å²) in [4.78, 5) is 10.5. The number of nitro benzene ring substituents is 1. The Morgan fingerprint density at radius 2 is 2.16 bits per heavy atom. The highest BCUT2D eigenvalue weighted by atomic mass is 32.2. The number of nitrogen functional groups attached to an aromatic ring is 1. The largest absolute Gasteiger partial charge is 0.393 e. The number of nitrogens with two attached hydrogens (primary N) is 1. The predicted octanol–water partition coefficient (Wildman–Crippen LogP) is 1.17. The molecule has 1 aliphatic heterocycles. The Morgan fingerprint density at radius 3 is 2.68 bits per heavy atom. The van der Waals surface area contributed by atoms with Crippen molar-refractivity contribution in [3.8, 4) is 0 Å². The summed E-state index contributed by atoms with van der Waals surface area (Å²) >= 11 is 0. The third kappa shape index (κ3) is 2.78. The van der Waals surface area contributed by atoms with Gasteiger partial charge in [0.1, 0.15) is 11.4 Å². The second-order valence-electron chi connectivity index (χ2n) is 5.03. The summed E-state index contributed by atoms with van der Waals surface area (Å²) in [5.74, 6) is 0.0541. The highest BCUT2D eigenvalue weighted by Crippen LogP contribution is 2.35. The smallest absolute Gasteiger partial charge is 0.314 e. The van der Waals surface area contributed by atoms with Crippen molar-refractivity contribution in [3.05, 3.63) is 28.3 Å². The van der Waals surface area contributed by atoms with E-state index in [2.05, 4.69) is 5.32 Å². The zero-order valence-corrected chi connectivity index (χ0v) is 11.2. The standard InChI is InChI=1S/C11H15N3O4S/c1-11(5-6-19(17,18)7-11)13-9-4-2-3-8(12)10(9)14(15)16/h2-4,13H,5-7,12H2,1H3. The first-order valence-corrected chi connectivity index (χ1v) is 7.56. The minimum absolute atomic E-state index is 0.0358. The van der Waals surface area contributed by atoms with Crippen LogP contribution in [0.5, 0.6) is 0 Å². The van der Waals surface area contributed by atoms with Gasteiger partial charge in [0.15, 0.2) is 9.84 Å². The highest BCUT2D eigenvalue weighted by molar-refractivity contribution is 7.91. The molecule has 1 aromatic rings. The Kier molecular flexibility index (Phi) is 3.13. The minimum atomic E-state index is -3.08. The molecule has 2 rings (SSSR count). The van der Waals surface area contributed by atoms with E-state index in [9.17, 15) is 18.5 Å². The Bertz CT molecular complexity index is 629. The van der Waals surface area contributed by atoms with Crippen molar-refractivity contribution < 1.29 is 13.3 Å². The highest BCUT2D eigenvalue weighted by Gasteiger charge is 2.39. The third-order valence-electron chi connectivity index (χ3n) is 3.19. The van der Waals surface area contributed by atoms with E-state index in [1.165, 1.54) is 12.1 Å². The van der Waals surface area contributed by atoms with Gasteiger partial charge in [0.25, 0.3) is 0 Å². The van der Waals surface area contributed by atoms with Gasteiger partial charge in [-0.05, 0) is 25.5 Å². The summed E-state index contributed by atoms with van der Waals surface area (Å²) in [6.45, 7) is 1.74. The maximum absolute atomic E-state index is 11.5. The SMILES string of the molecule is CC1(Nc2cccc(N)c2[N+](=O)[O-])CCS(=O)(=O)C1. The van der Waals surface area contributed by atoms with Crippen molar-refractivity contribution in [1.29, 1.82) is 0 Å². The molecular formula is C11H15N3O4S. The Morgan fingerprint density at radius 1 is 1.47 bits per heavy atom. The van der Waals surface area contributed by atoms with Crippen LogP contribution in [0.1, 0.15) is 13.3 Å². The molecule has 1 unspecified atom stereocenters. The summed E-state index contributed by atoms with van der Waals surface area (Å²) in [6, 6.07) is 4.57. The van der Waals surface area contributed by atoms with E-state index < -0.39 is 20.3 Å². The molecular weight excluding hydrogens is 270 g/mol. The van der Waals surface area contributed by atoms with Gasteiger partial charge < -0.3 is 11.1 Å². The number of benzene rings is 1. The molecule has 1 atom stereocenters. The summed E-state index contributed by atoms with van der Waals surface area (Å²) in [5.41, 5.74) is 4.99. The van der Waals surface area contributed by atoms with E-state index >= 15 is 0 Å². The molecule has 0 spiro atoms. The molecule has 0 saturated carbocycles. The van der Waals surface area contributed by atoms with Crippen LogP contribution in [0.15, 0.2) is 18.2 Å². The lowest BCUT2D eigenvalue weighted by Crippen LogP contribution is -2.36. The van der Waals surface area contributed by atoms with E-state index in [1.807, 2.05) is 0 Å². The van der Waals surface area contributed by atoms with Gasteiger partial charge in [-0.2, -0.15) is 0 Å². The fourth-order valence-electron chi connectivity index (χ4n) is 2.30. The van der Waals surface area contributed by atoms with Gasteiger partial charge in [0, 0.05) is 5.54 Å². The van der Waals surface area contributed by atoms with E-state index in [-0.39, 0.29) is 28.6 Å². The lowest BCUT2D eigenvalue weighted by Gasteiger charge is -2.25. The van der Waals surface area contributed by atoms with Gasteiger partial charge in [-0.15, -0.1) is 0 Å². The molecule has 1 fully saturated rings. The molecule has 0 aromatic heterocycles. The van der Waals surface area contributed by atoms with Crippen LogP contribution in [0.2, 0.25) is 0 Å². The van der Waals surface area contributed by atoms with Crippen molar-refractivity contribution >= 4 is 26.9 Å². The van der Waals surface area contributed by atoms with Crippen LogP contribution in [0.3, 0.4) is 0 Å². The van der Waals surface area contributed by atoms with Crippen LogP contribution in [-0.4, -0.2) is 30.4 Å². The first-order valence-electron chi connectivity index (χ1n) is 5.74. The normalized spacial score (nSPS) is 25.1. The molecule has 19 heavy (non-hydrogen) atoms. The number of para-hydroxylation sites is 1. The molecule has 3 N–H and O–H groups in total. The van der Waals surface area contributed by atoms with Crippen molar-refractivity contribution in [1.82, 2.24) is 0 Å². The van der Waals surface area contributed by atoms with Crippen LogP contribution >= 0.6 is 0 Å². The quantitative estimate of drug-likeness (QED) is 0.489. The number of rotatable bonds is 3. The summed E-state index contributed by atoms with van der Waals surface area (Å²) in [7, 11) is -3.08. The predicted molar refractivity (Wildman–Crippen MR) is 72.8 cm³/mol. The average Bonchev–Trinajstić information content (AvgIpc) is 2.52. The van der Waals surface area contributed by atoms with Crippen molar-refractivity contribution in [3.63, 3.8) is 0 Å². The maximum Gasteiger partial charge on any atom is 0.314 e. The molecule has 0 radical (unpaired) electrons. The third-order valence-corrected chi connectivity index (χ3v) is 5.09. The molecule has 0 bridgehead atoms.